The lowest BCUT2D eigenvalue weighted by Crippen LogP contribution is -2.53. The zero-order chi connectivity index (χ0) is 20.8. The van der Waals surface area contributed by atoms with Gasteiger partial charge in [-0.15, -0.1) is 11.3 Å². The normalized spacial score (nSPS) is 25.4. The molecule has 1 atom stereocenters. The lowest BCUT2D eigenvalue weighted by Gasteiger charge is -2.48. The number of sulfonamides is 1. The van der Waals surface area contributed by atoms with Gasteiger partial charge in [-0.05, 0) is 68.3 Å². The van der Waals surface area contributed by atoms with E-state index < -0.39 is 10.0 Å². The summed E-state index contributed by atoms with van der Waals surface area (Å²) in [7, 11) is -3.48. The summed E-state index contributed by atoms with van der Waals surface area (Å²) in [5.74, 6) is 0.823. The number of nitrogens with zero attached hydrogens (tertiary/aromatic N) is 3. The summed E-state index contributed by atoms with van der Waals surface area (Å²) in [6, 6.07) is 5.34. The van der Waals surface area contributed by atoms with Gasteiger partial charge >= 0.3 is 0 Å². The van der Waals surface area contributed by atoms with Crippen LogP contribution in [0.3, 0.4) is 0 Å². The van der Waals surface area contributed by atoms with E-state index in [1.807, 2.05) is 19.1 Å². The number of likely N-dealkylation sites (tertiary alicyclic amines) is 1. The monoisotopic (exact) mass is 447 g/mol. The van der Waals surface area contributed by atoms with Gasteiger partial charge in [0, 0.05) is 38.0 Å². The molecule has 3 aliphatic rings. The van der Waals surface area contributed by atoms with Gasteiger partial charge in [0.1, 0.15) is 5.75 Å². The van der Waals surface area contributed by atoms with E-state index in [0.29, 0.717) is 24.6 Å². The van der Waals surface area contributed by atoms with Crippen molar-refractivity contribution in [3.8, 4) is 5.75 Å². The Balaban J connectivity index is 1.33. The smallest absolute Gasteiger partial charge is 0.243 e. The molecular formula is C22H29N3O3S2. The number of aryl methyl sites for hydroxylation is 1. The molecule has 3 aliphatic heterocycles. The van der Waals surface area contributed by atoms with Gasteiger partial charge in [-0.3, -0.25) is 4.90 Å². The highest BCUT2D eigenvalue weighted by molar-refractivity contribution is 7.89. The van der Waals surface area contributed by atoms with Gasteiger partial charge in [-0.25, -0.2) is 13.4 Å². The number of ether oxygens (including phenoxy) is 1. The fourth-order valence-corrected chi connectivity index (χ4v) is 7.57. The first-order chi connectivity index (χ1) is 14.4. The van der Waals surface area contributed by atoms with E-state index in [1.54, 1.807) is 21.7 Å². The molecule has 2 saturated heterocycles. The number of hydrogen-bond acceptors (Lipinski definition) is 6. The van der Waals surface area contributed by atoms with E-state index in [4.69, 9.17) is 4.74 Å². The molecule has 0 saturated carbocycles. The van der Waals surface area contributed by atoms with Crippen LogP contribution in [0.4, 0.5) is 0 Å². The van der Waals surface area contributed by atoms with E-state index in [1.165, 1.54) is 0 Å². The van der Waals surface area contributed by atoms with Gasteiger partial charge in [-0.1, -0.05) is 0 Å². The van der Waals surface area contributed by atoms with Crippen LogP contribution in [0.2, 0.25) is 0 Å². The highest BCUT2D eigenvalue weighted by Crippen LogP contribution is 2.41. The molecule has 0 N–H and O–H groups in total. The van der Waals surface area contributed by atoms with Crippen LogP contribution in [0.5, 0.6) is 5.75 Å². The Labute approximate surface area is 182 Å². The summed E-state index contributed by atoms with van der Waals surface area (Å²) in [5, 5.41) is 3.25. The van der Waals surface area contributed by atoms with Crippen molar-refractivity contribution >= 4 is 21.4 Å². The summed E-state index contributed by atoms with van der Waals surface area (Å²) in [6.07, 6.45) is 5.03. The number of hydrogen-bond donors (Lipinski definition) is 0. The van der Waals surface area contributed by atoms with Crippen LogP contribution in [-0.4, -0.2) is 55.4 Å². The zero-order valence-corrected chi connectivity index (χ0v) is 19.1. The van der Waals surface area contributed by atoms with Crippen molar-refractivity contribution in [2.75, 3.05) is 32.8 Å². The van der Waals surface area contributed by atoms with Crippen molar-refractivity contribution in [1.82, 2.24) is 14.2 Å². The number of piperidine rings is 2. The Bertz CT molecular complexity index is 1030. The Morgan fingerprint density at radius 3 is 2.83 bits per heavy atom. The second kappa shape index (κ2) is 7.89. The first-order valence-electron chi connectivity index (χ1n) is 10.8. The lowest BCUT2D eigenvalue weighted by molar-refractivity contribution is 0.0357. The SMILES string of the molecule is Cc1nc(CN2CCCC3(CCCN(S(=O)(=O)c4ccc5c(c4)CCO5)C3)C2)cs1. The highest BCUT2D eigenvalue weighted by atomic mass is 32.2. The number of thiazole rings is 1. The van der Waals surface area contributed by atoms with Crippen molar-refractivity contribution in [2.24, 2.45) is 5.41 Å². The number of rotatable bonds is 4. The molecule has 1 aromatic heterocycles. The summed E-state index contributed by atoms with van der Waals surface area (Å²) >= 11 is 1.70. The zero-order valence-electron chi connectivity index (χ0n) is 17.5. The molecule has 0 aliphatic carbocycles. The fourth-order valence-electron chi connectivity index (χ4n) is 5.33. The molecule has 5 rings (SSSR count). The van der Waals surface area contributed by atoms with Crippen LogP contribution in [0, 0.1) is 12.3 Å². The van der Waals surface area contributed by atoms with Crippen LogP contribution < -0.4 is 4.74 Å². The highest BCUT2D eigenvalue weighted by Gasteiger charge is 2.42. The van der Waals surface area contributed by atoms with E-state index in [2.05, 4.69) is 15.3 Å². The molecule has 2 fully saturated rings. The first-order valence-corrected chi connectivity index (χ1v) is 13.1. The quantitative estimate of drug-likeness (QED) is 0.718. The van der Waals surface area contributed by atoms with Crippen molar-refractivity contribution in [2.45, 2.75) is 50.5 Å². The molecule has 6 nitrogen and oxygen atoms in total. The van der Waals surface area contributed by atoms with Gasteiger partial charge in [0.2, 0.25) is 10.0 Å². The molecule has 4 heterocycles. The first kappa shape index (κ1) is 20.4. The molecule has 1 spiro atoms. The van der Waals surface area contributed by atoms with E-state index >= 15 is 0 Å². The van der Waals surface area contributed by atoms with Gasteiger partial charge in [0.25, 0.3) is 0 Å². The lowest BCUT2D eigenvalue weighted by atomic mass is 9.74. The van der Waals surface area contributed by atoms with Gasteiger partial charge in [-0.2, -0.15) is 4.31 Å². The van der Waals surface area contributed by atoms with Crippen molar-refractivity contribution in [1.29, 1.82) is 0 Å². The van der Waals surface area contributed by atoms with Crippen LogP contribution >= 0.6 is 11.3 Å². The Kier molecular flexibility index (Phi) is 5.37. The largest absolute Gasteiger partial charge is 0.493 e. The van der Waals surface area contributed by atoms with E-state index in [-0.39, 0.29) is 5.41 Å². The minimum atomic E-state index is -3.48. The Morgan fingerprint density at radius 2 is 2.03 bits per heavy atom. The summed E-state index contributed by atoms with van der Waals surface area (Å²) < 4.78 is 34.2. The van der Waals surface area contributed by atoms with Gasteiger partial charge < -0.3 is 4.74 Å². The minimum Gasteiger partial charge on any atom is -0.493 e. The fraction of sp³-hybridized carbons (Fsp3) is 0.591. The molecule has 1 unspecified atom stereocenters. The molecule has 162 valence electrons. The maximum atomic E-state index is 13.5. The van der Waals surface area contributed by atoms with E-state index in [0.717, 1.165) is 73.8 Å². The van der Waals surface area contributed by atoms with Crippen molar-refractivity contribution in [3.63, 3.8) is 0 Å². The second-order valence-electron chi connectivity index (χ2n) is 8.98. The molecule has 2 aromatic rings. The summed E-state index contributed by atoms with van der Waals surface area (Å²) in [6.45, 7) is 6.80. The number of aromatic nitrogens is 1. The third-order valence-corrected chi connectivity index (χ3v) is 9.38. The molecule has 0 bridgehead atoms. The van der Waals surface area contributed by atoms with Crippen molar-refractivity contribution in [3.05, 3.63) is 39.8 Å². The summed E-state index contributed by atoms with van der Waals surface area (Å²) in [5.41, 5.74) is 2.19. The standard InChI is InChI=1S/C22H29N3O3S2/c1-17-23-19(14-29-17)13-24-9-2-7-22(15-24)8-3-10-25(16-22)30(26,27)20-4-5-21-18(12-20)6-11-28-21/h4-5,12,14H,2-3,6-11,13,15-16H2,1H3. The maximum Gasteiger partial charge on any atom is 0.243 e. The van der Waals surface area contributed by atoms with E-state index in [9.17, 15) is 8.42 Å². The van der Waals surface area contributed by atoms with Gasteiger partial charge in [0.05, 0.1) is 22.2 Å². The molecular weight excluding hydrogens is 418 g/mol. The van der Waals surface area contributed by atoms with Crippen molar-refractivity contribution < 1.29 is 13.2 Å². The van der Waals surface area contributed by atoms with Crippen LogP contribution in [0.1, 0.15) is 41.9 Å². The minimum absolute atomic E-state index is 0.0501. The third kappa shape index (κ3) is 3.90. The maximum absolute atomic E-state index is 13.5. The topological polar surface area (TPSA) is 62.7 Å². The van der Waals surface area contributed by atoms with Crippen LogP contribution in [-0.2, 0) is 23.0 Å². The second-order valence-corrected chi connectivity index (χ2v) is 12.0. The molecule has 30 heavy (non-hydrogen) atoms. The average molecular weight is 448 g/mol. The predicted octanol–water partition coefficient (Wildman–Crippen LogP) is 3.45. The number of benzene rings is 1. The Morgan fingerprint density at radius 1 is 1.20 bits per heavy atom. The van der Waals surface area contributed by atoms with Crippen LogP contribution in [0.25, 0.3) is 0 Å². The van der Waals surface area contributed by atoms with Crippen LogP contribution in [0.15, 0.2) is 28.5 Å². The average Bonchev–Trinajstić information content (AvgIpc) is 3.36. The summed E-state index contributed by atoms with van der Waals surface area (Å²) in [4.78, 5) is 7.51. The molecule has 8 heteroatoms. The molecule has 0 amide bonds. The third-order valence-electron chi connectivity index (χ3n) is 6.72. The van der Waals surface area contributed by atoms with Gasteiger partial charge in [0.15, 0.2) is 0 Å². The number of fused-ring (bicyclic) bond motifs is 1. The molecule has 1 aromatic carbocycles. The predicted molar refractivity (Wildman–Crippen MR) is 117 cm³/mol. The molecule has 0 radical (unpaired) electrons. The Hall–Kier alpha value is -1.48.